The lowest BCUT2D eigenvalue weighted by Crippen LogP contribution is -2.09. The lowest BCUT2D eigenvalue weighted by Gasteiger charge is -1.95. The minimum Gasteiger partial charge on any atom is -0.493 e. The SMILES string of the molecule is CNCCC=Cc1c(O)nc[nH]c1=O. The summed E-state index contributed by atoms with van der Waals surface area (Å²) in [6, 6.07) is 0. The highest BCUT2D eigenvalue weighted by Crippen LogP contribution is 2.07. The first-order chi connectivity index (χ1) is 6.75. The molecule has 0 bridgehead atoms. The minimum absolute atomic E-state index is 0.198. The molecule has 0 aliphatic rings. The Balaban J connectivity index is 2.76. The first kappa shape index (κ1) is 10.5. The molecule has 0 aliphatic heterocycles. The Morgan fingerprint density at radius 3 is 3.14 bits per heavy atom. The average Bonchev–Trinajstić information content (AvgIpc) is 2.16. The molecule has 0 saturated heterocycles. The third-order valence-corrected chi connectivity index (χ3v) is 1.71. The van der Waals surface area contributed by atoms with E-state index >= 15 is 0 Å². The molecule has 5 nitrogen and oxygen atoms in total. The zero-order valence-electron chi connectivity index (χ0n) is 7.95. The van der Waals surface area contributed by atoms with Crippen molar-refractivity contribution in [3.8, 4) is 5.88 Å². The van der Waals surface area contributed by atoms with E-state index in [1.54, 1.807) is 6.08 Å². The Morgan fingerprint density at radius 1 is 1.71 bits per heavy atom. The third kappa shape index (κ3) is 2.70. The van der Waals surface area contributed by atoms with Crippen molar-refractivity contribution >= 4 is 6.08 Å². The van der Waals surface area contributed by atoms with Gasteiger partial charge in [-0.15, -0.1) is 0 Å². The van der Waals surface area contributed by atoms with Crippen LogP contribution in [0.1, 0.15) is 12.0 Å². The molecule has 0 atom stereocenters. The molecule has 3 N–H and O–H groups in total. The number of H-pyrrole nitrogens is 1. The van der Waals surface area contributed by atoms with E-state index in [0.29, 0.717) is 0 Å². The monoisotopic (exact) mass is 195 g/mol. The number of nitrogens with one attached hydrogen (secondary N) is 2. The molecule has 0 radical (unpaired) electrons. The number of rotatable bonds is 4. The number of hydrogen-bond acceptors (Lipinski definition) is 4. The second kappa shape index (κ2) is 5.18. The molecule has 0 fully saturated rings. The van der Waals surface area contributed by atoms with Crippen LogP contribution >= 0.6 is 0 Å². The van der Waals surface area contributed by atoms with Crippen molar-refractivity contribution in [2.45, 2.75) is 6.42 Å². The van der Waals surface area contributed by atoms with Gasteiger partial charge < -0.3 is 15.4 Å². The van der Waals surface area contributed by atoms with E-state index in [4.69, 9.17) is 0 Å². The first-order valence-corrected chi connectivity index (χ1v) is 4.33. The maximum Gasteiger partial charge on any atom is 0.261 e. The van der Waals surface area contributed by atoms with Gasteiger partial charge in [-0.25, -0.2) is 4.98 Å². The van der Waals surface area contributed by atoms with Gasteiger partial charge in [0.15, 0.2) is 0 Å². The molecule has 1 aromatic rings. The zero-order chi connectivity index (χ0) is 10.4. The fourth-order valence-electron chi connectivity index (χ4n) is 0.980. The van der Waals surface area contributed by atoms with Crippen LogP contribution in [0, 0.1) is 0 Å². The van der Waals surface area contributed by atoms with Crippen LogP contribution in [0.15, 0.2) is 17.2 Å². The fraction of sp³-hybridized carbons (Fsp3) is 0.333. The van der Waals surface area contributed by atoms with E-state index in [1.807, 2.05) is 13.1 Å². The van der Waals surface area contributed by atoms with E-state index in [0.717, 1.165) is 13.0 Å². The summed E-state index contributed by atoms with van der Waals surface area (Å²) in [7, 11) is 1.85. The molecule has 76 valence electrons. The van der Waals surface area contributed by atoms with Crippen LogP contribution in [-0.2, 0) is 0 Å². The van der Waals surface area contributed by atoms with Gasteiger partial charge in [0.05, 0.1) is 6.33 Å². The Kier molecular flexibility index (Phi) is 3.87. The summed E-state index contributed by atoms with van der Waals surface area (Å²) in [6.45, 7) is 0.829. The number of aromatic amines is 1. The molecule has 5 heteroatoms. The van der Waals surface area contributed by atoms with Crippen LogP contribution in [0.25, 0.3) is 6.08 Å². The van der Waals surface area contributed by atoms with Gasteiger partial charge in [0.25, 0.3) is 5.56 Å². The highest BCUT2D eigenvalue weighted by Gasteiger charge is 2.01. The maximum atomic E-state index is 11.2. The van der Waals surface area contributed by atoms with Crippen molar-refractivity contribution in [3.05, 3.63) is 28.3 Å². The second-order valence-corrected chi connectivity index (χ2v) is 2.76. The predicted molar refractivity (Wildman–Crippen MR) is 54.1 cm³/mol. The number of hydrogen-bond donors (Lipinski definition) is 3. The Hall–Kier alpha value is -1.62. The van der Waals surface area contributed by atoms with Crippen LogP contribution in [0.2, 0.25) is 0 Å². The average molecular weight is 195 g/mol. The standard InChI is InChI=1S/C9H13N3O2/c1-10-5-3-2-4-7-8(13)11-6-12-9(7)14/h2,4,6,10H,3,5H2,1H3,(H2,11,12,13,14). The highest BCUT2D eigenvalue weighted by atomic mass is 16.3. The van der Waals surface area contributed by atoms with Crippen LogP contribution < -0.4 is 10.9 Å². The largest absolute Gasteiger partial charge is 0.493 e. The van der Waals surface area contributed by atoms with E-state index in [-0.39, 0.29) is 17.0 Å². The number of nitrogens with zero attached hydrogens (tertiary/aromatic N) is 1. The first-order valence-electron chi connectivity index (χ1n) is 4.33. The predicted octanol–water partition coefficient (Wildman–Crippen LogP) is 0.0982. The van der Waals surface area contributed by atoms with Gasteiger partial charge in [-0.05, 0) is 26.1 Å². The van der Waals surface area contributed by atoms with Gasteiger partial charge in [-0.1, -0.05) is 6.08 Å². The molecule has 0 aromatic carbocycles. The molecule has 0 unspecified atom stereocenters. The van der Waals surface area contributed by atoms with Crippen molar-refractivity contribution in [1.29, 1.82) is 0 Å². The third-order valence-electron chi connectivity index (χ3n) is 1.71. The summed E-state index contributed by atoms with van der Waals surface area (Å²) >= 11 is 0. The highest BCUT2D eigenvalue weighted by molar-refractivity contribution is 5.52. The quantitative estimate of drug-likeness (QED) is 0.595. The van der Waals surface area contributed by atoms with E-state index in [9.17, 15) is 9.90 Å². The smallest absolute Gasteiger partial charge is 0.261 e. The normalized spacial score (nSPS) is 10.9. The molecule has 14 heavy (non-hydrogen) atoms. The van der Waals surface area contributed by atoms with Gasteiger partial charge in [0.1, 0.15) is 5.56 Å². The molecule has 0 aliphatic carbocycles. The van der Waals surface area contributed by atoms with Crippen molar-refractivity contribution in [2.24, 2.45) is 0 Å². The summed E-state index contributed by atoms with van der Waals surface area (Å²) in [5, 5.41) is 12.2. The van der Waals surface area contributed by atoms with Crippen molar-refractivity contribution < 1.29 is 5.11 Å². The Labute approximate surface area is 81.5 Å². The van der Waals surface area contributed by atoms with E-state index < -0.39 is 0 Å². The van der Waals surface area contributed by atoms with Crippen molar-refractivity contribution in [3.63, 3.8) is 0 Å². The van der Waals surface area contributed by atoms with Gasteiger partial charge in [-0.2, -0.15) is 0 Å². The molecular weight excluding hydrogens is 182 g/mol. The molecule has 0 amide bonds. The van der Waals surface area contributed by atoms with E-state index in [1.165, 1.54) is 6.33 Å². The van der Waals surface area contributed by atoms with Crippen molar-refractivity contribution in [1.82, 2.24) is 15.3 Å². The van der Waals surface area contributed by atoms with Gasteiger partial charge in [0, 0.05) is 0 Å². The van der Waals surface area contributed by atoms with E-state index in [2.05, 4.69) is 15.3 Å². The molecule has 0 saturated carbocycles. The summed E-state index contributed by atoms with van der Waals surface area (Å²) in [6.07, 6.45) is 5.34. The van der Waals surface area contributed by atoms with Crippen LogP contribution in [0.5, 0.6) is 5.88 Å². The van der Waals surface area contributed by atoms with Crippen LogP contribution in [0.4, 0.5) is 0 Å². The van der Waals surface area contributed by atoms with Gasteiger partial charge >= 0.3 is 0 Å². The molecule has 1 heterocycles. The lowest BCUT2D eigenvalue weighted by molar-refractivity contribution is 0.449. The topological polar surface area (TPSA) is 78.0 Å². The lowest BCUT2D eigenvalue weighted by atomic mass is 10.2. The molecule has 0 spiro atoms. The molecular formula is C9H13N3O2. The zero-order valence-corrected chi connectivity index (χ0v) is 7.95. The Morgan fingerprint density at radius 2 is 2.50 bits per heavy atom. The van der Waals surface area contributed by atoms with Crippen LogP contribution in [0.3, 0.4) is 0 Å². The maximum absolute atomic E-state index is 11.2. The second-order valence-electron chi connectivity index (χ2n) is 2.76. The number of aromatic hydroxyl groups is 1. The van der Waals surface area contributed by atoms with Gasteiger partial charge in [0.2, 0.25) is 5.88 Å². The molecule has 1 aromatic heterocycles. The summed E-state index contributed by atoms with van der Waals surface area (Å²) in [5.74, 6) is -0.241. The van der Waals surface area contributed by atoms with Crippen LogP contribution in [-0.4, -0.2) is 28.7 Å². The van der Waals surface area contributed by atoms with Gasteiger partial charge in [-0.3, -0.25) is 4.79 Å². The summed E-state index contributed by atoms with van der Waals surface area (Å²) < 4.78 is 0. The fourth-order valence-corrected chi connectivity index (χ4v) is 0.980. The molecule has 1 rings (SSSR count). The minimum atomic E-state index is -0.335. The number of aromatic nitrogens is 2. The Bertz CT molecular complexity index is 371. The summed E-state index contributed by atoms with van der Waals surface area (Å²) in [4.78, 5) is 17.1. The van der Waals surface area contributed by atoms with Crippen molar-refractivity contribution in [2.75, 3.05) is 13.6 Å². The summed E-state index contributed by atoms with van der Waals surface area (Å²) in [5.41, 5.74) is -0.137.